The van der Waals surface area contributed by atoms with Crippen LogP contribution in [0, 0.1) is 5.92 Å². The lowest BCUT2D eigenvalue weighted by atomic mass is 9.86. The molecule has 0 bridgehead atoms. The van der Waals surface area contributed by atoms with Gasteiger partial charge in [0.25, 0.3) is 0 Å². The quantitative estimate of drug-likeness (QED) is 0.810. The molecule has 1 saturated heterocycles. The van der Waals surface area contributed by atoms with Crippen LogP contribution < -0.4 is 5.32 Å². The van der Waals surface area contributed by atoms with Crippen LogP contribution in [0.2, 0.25) is 0 Å². The maximum absolute atomic E-state index is 12.2. The number of aliphatic hydroxyl groups excluding tert-OH is 1. The fourth-order valence-electron chi connectivity index (χ4n) is 3.73. The van der Waals surface area contributed by atoms with Crippen LogP contribution in [0.15, 0.2) is 0 Å². The van der Waals surface area contributed by atoms with E-state index in [1.165, 1.54) is 19.3 Å². The van der Waals surface area contributed by atoms with E-state index in [9.17, 15) is 9.90 Å². The van der Waals surface area contributed by atoms with Gasteiger partial charge in [-0.05, 0) is 51.5 Å². The molecule has 2 N–H and O–H groups in total. The molecule has 1 heterocycles. The molecule has 1 amide bonds. The summed E-state index contributed by atoms with van der Waals surface area (Å²) in [6, 6.07) is 0.749. The summed E-state index contributed by atoms with van der Waals surface area (Å²) in [5.74, 6) is 0.779. The largest absolute Gasteiger partial charge is 0.393 e. The molecular weight excluding hydrogens is 252 g/mol. The van der Waals surface area contributed by atoms with Crippen molar-refractivity contribution in [1.29, 1.82) is 0 Å². The molecule has 0 spiro atoms. The van der Waals surface area contributed by atoms with Crippen molar-refractivity contribution in [3.63, 3.8) is 0 Å². The standard InChI is InChI=1S/C16H30N2O2/c1-12-6-3-4-8-15(12)17-16(20)11-18-9-5-7-14(18)10-13(2)19/h12-15,19H,3-11H2,1-2H3,(H,17,20). The number of carbonyl (C=O) groups is 1. The zero-order valence-electron chi connectivity index (χ0n) is 13.0. The molecule has 20 heavy (non-hydrogen) atoms. The van der Waals surface area contributed by atoms with E-state index in [4.69, 9.17) is 0 Å². The third-order valence-corrected chi connectivity index (χ3v) is 4.92. The smallest absolute Gasteiger partial charge is 0.234 e. The monoisotopic (exact) mass is 282 g/mol. The van der Waals surface area contributed by atoms with Crippen LogP contribution in [0.5, 0.6) is 0 Å². The Hall–Kier alpha value is -0.610. The molecule has 116 valence electrons. The van der Waals surface area contributed by atoms with E-state index >= 15 is 0 Å². The van der Waals surface area contributed by atoms with Gasteiger partial charge in [-0.1, -0.05) is 19.8 Å². The fourth-order valence-corrected chi connectivity index (χ4v) is 3.73. The molecule has 4 heteroatoms. The maximum Gasteiger partial charge on any atom is 0.234 e. The Bertz CT molecular complexity index is 320. The van der Waals surface area contributed by atoms with Gasteiger partial charge in [0.2, 0.25) is 5.91 Å². The highest BCUT2D eigenvalue weighted by atomic mass is 16.3. The second kappa shape index (κ2) is 7.41. The number of aliphatic hydroxyl groups is 1. The van der Waals surface area contributed by atoms with E-state index in [1.54, 1.807) is 0 Å². The van der Waals surface area contributed by atoms with Crippen LogP contribution in [0.25, 0.3) is 0 Å². The molecule has 1 aliphatic heterocycles. The molecule has 4 atom stereocenters. The summed E-state index contributed by atoms with van der Waals surface area (Å²) >= 11 is 0. The molecule has 0 aromatic carbocycles. The fraction of sp³-hybridized carbons (Fsp3) is 0.938. The zero-order chi connectivity index (χ0) is 14.5. The molecule has 4 nitrogen and oxygen atoms in total. The molecule has 0 aromatic heterocycles. The first-order valence-electron chi connectivity index (χ1n) is 8.27. The van der Waals surface area contributed by atoms with Gasteiger partial charge in [-0.2, -0.15) is 0 Å². The van der Waals surface area contributed by atoms with Gasteiger partial charge in [-0.3, -0.25) is 9.69 Å². The summed E-state index contributed by atoms with van der Waals surface area (Å²) < 4.78 is 0. The van der Waals surface area contributed by atoms with Gasteiger partial charge >= 0.3 is 0 Å². The number of amides is 1. The predicted octanol–water partition coefficient (Wildman–Crippen LogP) is 1.92. The van der Waals surface area contributed by atoms with Crippen LogP contribution in [0.1, 0.15) is 58.8 Å². The summed E-state index contributed by atoms with van der Waals surface area (Å²) in [6.07, 6.45) is 7.67. The van der Waals surface area contributed by atoms with Crippen molar-refractivity contribution in [1.82, 2.24) is 10.2 Å². The van der Waals surface area contributed by atoms with Crippen molar-refractivity contribution in [2.75, 3.05) is 13.1 Å². The van der Waals surface area contributed by atoms with Gasteiger partial charge in [-0.15, -0.1) is 0 Å². The Morgan fingerprint density at radius 1 is 1.30 bits per heavy atom. The average molecular weight is 282 g/mol. The molecule has 2 fully saturated rings. The molecule has 1 aliphatic carbocycles. The van der Waals surface area contributed by atoms with Crippen LogP contribution in [0.4, 0.5) is 0 Å². The molecular formula is C16H30N2O2. The average Bonchev–Trinajstić information content (AvgIpc) is 2.78. The number of nitrogens with one attached hydrogen (secondary N) is 1. The highest BCUT2D eigenvalue weighted by Gasteiger charge is 2.28. The zero-order valence-corrected chi connectivity index (χ0v) is 13.0. The number of hydrogen-bond acceptors (Lipinski definition) is 3. The minimum Gasteiger partial charge on any atom is -0.393 e. The Kier molecular flexibility index (Phi) is 5.85. The highest BCUT2D eigenvalue weighted by Crippen LogP contribution is 2.24. The van der Waals surface area contributed by atoms with Gasteiger partial charge in [0.1, 0.15) is 0 Å². The number of hydrogen-bond donors (Lipinski definition) is 2. The lowest BCUT2D eigenvalue weighted by Crippen LogP contribution is -2.46. The Morgan fingerprint density at radius 2 is 2.05 bits per heavy atom. The van der Waals surface area contributed by atoms with Crippen LogP contribution >= 0.6 is 0 Å². The van der Waals surface area contributed by atoms with Crippen LogP contribution in [-0.2, 0) is 4.79 Å². The summed E-state index contributed by atoms with van der Waals surface area (Å²) in [5.41, 5.74) is 0. The topological polar surface area (TPSA) is 52.6 Å². The van der Waals surface area contributed by atoms with Gasteiger partial charge in [0, 0.05) is 12.1 Å². The van der Waals surface area contributed by atoms with Crippen molar-refractivity contribution in [2.24, 2.45) is 5.92 Å². The van der Waals surface area contributed by atoms with Gasteiger partial charge < -0.3 is 10.4 Å². The van der Waals surface area contributed by atoms with Crippen molar-refractivity contribution >= 4 is 5.91 Å². The summed E-state index contributed by atoms with van der Waals surface area (Å²) in [7, 11) is 0. The van der Waals surface area contributed by atoms with E-state index in [-0.39, 0.29) is 12.0 Å². The molecule has 2 aliphatic rings. The number of carbonyl (C=O) groups excluding carboxylic acids is 1. The van der Waals surface area contributed by atoms with E-state index in [0.717, 1.165) is 32.2 Å². The second-order valence-corrected chi connectivity index (χ2v) is 6.79. The molecule has 1 saturated carbocycles. The molecule has 0 aromatic rings. The third kappa shape index (κ3) is 4.45. The molecule has 0 radical (unpaired) electrons. The SMILES string of the molecule is CC(O)CC1CCCN1CC(=O)NC1CCCCC1C. The summed E-state index contributed by atoms with van der Waals surface area (Å²) in [6.45, 7) is 5.57. The summed E-state index contributed by atoms with van der Waals surface area (Å²) in [4.78, 5) is 14.5. The third-order valence-electron chi connectivity index (χ3n) is 4.92. The first-order chi connectivity index (χ1) is 9.56. The molecule has 4 unspecified atom stereocenters. The first kappa shape index (κ1) is 15.8. The number of rotatable bonds is 5. The van der Waals surface area contributed by atoms with Crippen molar-refractivity contribution in [2.45, 2.75) is 77.0 Å². The first-order valence-corrected chi connectivity index (χ1v) is 8.27. The number of likely N-dealkylation sites (tertiary alicyclic amines) is 1. The Labute approximate surface area is 122 Å². The van der Waals surface area contributed by atoms with Crippen molar-refractivity contribution < 1.29 is 9.90 Å². The van der Waals surface area contributed by atoms with E-state index in [0.29, 0.717) is 24.5 Å². The second-order valence-electron chi connectivity index (χ2n) is 6.79. The van der Waals surface area contributed by atoms with Crippen LogP contribution in [0.3, 0.4) is 0 Å². The van der Waals surface area contributed by atoms with Crippen molar-refractivity contribution in [3.05, 3.63) is 0 Å². The highest BCUT2D eigenvalue weighted by molar-refractivity contribution is 5.78. The minimum absolute atomic E-state index is 0.168. The summed E-state index contributed by atoms with van der Waals surface area (Å²) in [5, 5.41) is 12.8. The maximum atomic E-state index is 12.2. The lowest BCUT2D eigenvalue weighted by Gasteiger charge is -2.31. The minimum atomic E-state index is -0.276. The molecule has 2 rings (SSSR count). The normalized spacial score (nSPS) is 33.0. The Balaban J connectivity index is 1.78. The van der Waals surface area contributed by atoms with Gasteiger partial charge in [-0.25, -0.2) is 0 Å². The van der Waals surface area contributed by atoms with E-state index < -0.39 is 0 Å². The lowest BCUT2D eigenvalue weighted by molar-refractivity contribution is -0.123. The Morgan fingerprint density at radius 3 is 2.75 bits per heavy atom. The van der Waals surface area contributed by atoms with Crippen molar-refractivity contribution in [3.8, 4) is 0 Å². The van der Waals surface area contributed by atoms with Gasteiger partial charge in [0.05, 0.1) is 12.6 Å². The van der Waals surface area contributed by atoms with E-state index in [2.05, 4.69) is 17.1 Å². The van der Waals surface area contributed by atoms with Gasteiger partial charge in [0.15, 0.2) is 0 Å². The predicted molar refractivity (Wildman–Crippen MR) is 80.5 cm³/mol. The number of nitrogens with zero attached hydrogens (tertiary/aromatic N) is 1. The van der Waals surface area contributed by atoms with E-state index in [1.807, 2.05) is 6.92 Å². The van der Waals surface area contributed by atoms with Crippen LogP contribution in [-0.4, -0.2) is 47.2 Å².